The summed E-state index contributed by atoms with van der Waals surface area (Å²) in [4.78, 5) is 4.05. The fourth-order valence-corrected chi connectivity index (χ4v) is 1.89. The number of anilines is 1. The third kappa shape index (κ3) is 3.97. The van der Waals surface area contributed by atoms with Gasteiger partial charge in [-0.2, -0.15) is 8.78 Å². The number of rotatable bonds is 7. The molecule has 5 nitrogen and oxygen atoms in total. The maximum Gasteiger partial charge on any atom is 0.387 e. The molecule has 1 heterocycles. The Bertz CT molecular complexity index is 606. The summed E-state index contributed by atoms with van der Waals surface area (Å²) in [6.45, 7) is -2.63. The van der Waals surface area contributed by atoms with Crippen molar-refractivity contribution in [2.24, 2.45) is 0 Å². The number of para-hydroxylation sites is 1. The summed E-state index contributed by atoms with van der Waals surface area (Å²) < 4.78 is 39.7. The van der Waals surface area contributed by atoms with Crippen LogP contribution in [0.5, 0.6) is 17.4 Å². The van der Waals surface area contributed by atoms with E-state index in [1.807, 2.05) is 0 Å². The average Bonchev–Trinajstić information content (AvgIpc) is 2.53. The van der Waals surface area contributed by atoms with E-state index in [1.165, 1.54) is 14.2 Å². The van der Waals surface area contributed by atoms with Crippen molar-refractivity contribution in [1.82, 2.24) is 4.98 Å². The van der Waals surface area contributed by atoms with Gasteiger partial charge in [-0.1, -0.05) is 12.1 Å². The predicted octanol–water partition coefficient (Wildman–Crippen LogP) is 3.31. The lowest BCUT2D eigenvalue weighted by Crippen LogP contribution is -2.08. The molecule has 0 saturated heterocycles. The molecule has 0 amide bonds. The topological polar surface area (TPSA) is 52.6 Å². The largest absolute Gasteiger partial charge is 0.493 e. The number of benzene rings is 1. The molecule has 1 N–H and O–H groups in total. The Morgan fingerprint density at radius 3 is 2.55 bits per heavy atom. The van der Waals surface area contributed by atoms with E-state index >= 15 is 0 Å². The summed E-state index contributed by atoms with van der Waals surface area (Å²) in [7, 11) is 2.93. The molecule has 7 heteroatoms. The lowest BCUT2D eigenvalue weighted by atomic mass is 10.2. The van der Waals surface area contributed by atoms with Crippen LogP contribution in [0.3, 0.4) is 0 Å². The standard InChI is InChI=1S/C15H16F2N2O3/c1-20-12-5-3-4-10(14(12)22-15(16)17)8-18-11-6-7-13(21-2)19-9-11/h3-7,9,15,18H,8H2,1-2H3. The monoisotopic (exact) mass is 310 g/mol. The molecule has 0 unspecified atom stereocenters. The Morgan fingerprint density at radius 2 is 1.95 bits per heavy atom. The van der Waals surface area contributed by atoms with Crippen molar-refractivity contribution in [1.29, 1.82) is 0 Å². The van der Waals surface area contributed by atoms with Gasteiger partial charge in [-0.3, -0.25) is 0 Å². The van der Waals surface area contributed by atoms with Crippen molar-refractivity contribution in [3.63, 3.8) is 0 Å². The summed E-state index contributed by atoms with van der Waals surface area (Å²) in [5.74, 6) is 0.773. The fourth-order valence-electron chi connectivity index (χ4n) is 1.89. The third-order valence-corrected chi connectivity index (χ3v) is 2.92. The Balaban J connectivity index is 2.14. The van der Waals surface area contributed by atoms with E-state index < -0.39 is 6.61 Å². The minimum absolute atomic E-state index is 0.0222. The van der Waals surface area contributed by atoms with Crippen molar-refractivity contribution in [2.75, 3.05) is 19.5 Å². The normalized spacial score (nSPS) is 10.4. The van der Waals surface area contributed by atoms with E-state index in [-0.39, 0.29) is 18.0 Å². The molecule has 0 spiro atoms. The number of pyridine rings is 1. The van der Waals surface area contributed by atoms with E-state index in [9.17, 15) is 8.78 Å². The number of nitrogens with one attached hydrogen (secondary N) is 1. The first kappa shape index (κ1) is 15.8. The van der Waals surface area contributed by atoms with Crippen LogP contribution < -0.4 is 19.5 Å². The number of alkyl halides is 2. The van der Waals surface area contributed by atoms with Gasteiger partial charge in [0.1, 0.15) is 0 Å². The first-order chi connectivity index (χ1) is 10.6. The van der Waals surface area contributed by atoms with Gasteiger partial charge in [0.2, 0.25) is 5.88 Å². The molecule has 0 fully saturated rings. The fraction of sp³-hybridized carbons (Fsp3) is 0.267. The van der Waals surface area contributed by atoms with Crippen LogP contribution in [0.25, 0.3) is 0 Å². The maximum atomic E-state index is 12.5. The van der Waals surface area contributed by atoms with Crippen LogP contribution in [0.15, 0.2) is 36.5 Å². The first-order valence-electron chi connectivity index (χ1n) is 6.48. The van der Waals surface area contributed by atoms with E-state index in [0.717, 1.165) is 5.69 Å². The summed E-state index contributed by atoms with van der Waals surface area (Å²) in [6.07, 6.45) is 1.59. The summed E-state index contributed by atoms with van der Waals surface area (Å²) >= 11 is 0. The van der Waals surface area contributed by atoms with Gasteiger partial charge in [-0.15, -0.1) is 0 Å². The van der Waals surface area contributed by atoms with Crippen LogP contribution in [0.2, 0.25) is 0 Å². The molecule has 0 saturated carbocycles. The predicted molar refractivity (Wildman–Crippen MR) is 77.7 cm³/mol. The number of halogens is 2. The highest BCUT2D eigenvalue weighted by molar-refractivity contribution is 5.49. The molecule has 0 atom stereocenters. The van der Waals surface area contributed by atoms with E-state index in [0.29, 0.717) is 11.4 Å². The van der Waals surface area contributed by atoms with Gasteiger partial charge >= 0.3 is 6.61 Å². The lowest BCUT2D eigenvalue weighted by molar-refractivity contribution is -0.0517. The third-order valence-electron chi connectivity index (χ3n) is 2.92. The summed E-state index contributed by atoms with van der Waals surface area (Å²) in [6, 6.07) is 8.44. The van der Waals surface area contributed by atoms with E-state index in [1.54, 1.807) is 36.5 Å². The molecule has 2 aromatic rings. The minimum atomic E-state index is -2.92. The van der Waals surface area contributed by atoms with Gasteiger partial charge in [-0.05, 0) is 12.1 Å². The van der Waals surface area contributed by atoms with Crippen LogP contribution >= 0.6 is 0 Å². The van der Waals surface area contributed by atoms with E-state index in [2.05, 4.69) is 15.0 Å². The molecule has 22 heavy (non-hydrogen) atoms. The summed E-state index contributed by atoms with van der Waals surface area (Å²) in [5.41, 5.74) is 1.28. The quantitative estimate of drug-likeness (QED) is 0.850. The lowest BCUT2D eigenvalue weighted by Gasteiger charge is -2.15. The number of ether oxygens (including phenoxy) is 3. The van der Waals surface area contributed by atoms with Gasteiger partial charge in [0.05, 0.1) is 26.1 Å². The van der Waals surface area contributed by atoms with Crippen LogP contribution in [-0.4, -0.2) is 25.8 Å². The molecular weight excluding hydrogens is 294 g/mol. The average molecular weight is 310 g/mol. The van der Waals surface area contributed by atoms with Gasteiger partial charge in [0.15, 0.2) is 11.5 Å². The molecule has 0 aliphatic rings. The van der Waals surface area contributed by atoms with Crippen molar-refractivity contribution in [3.8, 4) is 17.4 Å². The summed E-state index contributed by atoms with van der Waals surface area (Å²) in [5, 5.41) is 3.08. The van der Waals surface area contributed by atoms with Crippen LogP contribution in [0.4, 0.5) is 14.5 Å². The molecule has 1 aromatic carbocycles. The number of aromatic nitrogens is 1. The highest BCUT2D eigenvalue weighted by Crippen LogP contribution is 2.32. The van der Waals surface area contributed by atoms with Crippen molar-refractivity contribution < 1.29 is 23.0 Å². The second-order valence-corrected chi connectivity index (χ2v) is 4.27. The number of hydrogen-bond donors (Lipinski definition) is 1. The Morgan fingerprint density at radius 1 is 1.14 bits per heavy atom. The Kier molecular flexibility index (Phi) is 5.35. The first-order valence-corrected chi connectivity index (χ1v) is 6.48. The molecule has 0 aliphatic carbocycles. The highest BCUT2D eigenvalue weighted by Gasteiger charge is 2.15. The second kappa shape index (κ2) is 7.44. The second-order valence-electron chi connectivity index (χ2n) is 4.27. The van der Waals surface area contributed by atoms with Gasteiger partial charge in [-0.25, -0.2) is 4.98 Å². The molecule has 1 aromatic heterocycles. The molecule has 2 rings (SSSR count). The zero-order valence-electron chi connectivity index (χ0n) is 12.2. The zero-order valence-corrected chi connectivity index (χ0v) is 12.2. The number of hydrogen-bond acceptors (Lipinski definition) is 5. The number of nitrogens with zero attached hydrogens (tertiary/aromatic N) is 1. The molecule has 0 bridgehead atoms. The molecular formula is C15H16F2N2O3. The highest BCUT2D eigenvalue weighted by atomic mass is 19.3. The van der Waals surface area contributed by atoms with Crippen molar-refractivity contribution in [3.05, 3.63) is 42.1 Å². The van der Waals surface area contributed by atoms with Gasteiger partial charge in [0, 0.05) is 18.2 Å². The number of methoxy groups -OCH3 is 2. The minimum Gasteiger partial charge on any atom is -0.493 e. The molecule has 0 radical (unpaired) electrons. The SMILES string of the molecule is COc1ccc(NCc2cccc(OC)c2OC(F)F)cn1. The van der Waals surface area contributed by atoms with Crippen LogP contribution in [0, 0.1) is 0 Å². The van der Waals surface area contributed by atoms with E-state index in [4.69, 9.17) is 9.47 Å². The smallest absolute Gasteiger partial charge is 0.387 e. The van der Waals surface area contributed by atoms with Crippen molar-refractivity contribution >= 4 is 5.69 Å². The van der Waals surface area contributed by atoms with Crippen LogP contribution in [0.1, 0.15) is 5.56 Å². The van der Waals surface area contributed by atoms with Crippen LogP contribution in [-0.2, 0) is 6.54 Å². The van der Waals surface area contributed by atoms with Gasteiger partial charge < -0.3 is 19.5 Å². The van der Waals surface area contributed by atoms with Crippen molar-refractivity contribution in [2.45, 2.75) is 13.2 Å². The zero-order chi connectivity index (χ0) is 15.9. The maximum absolute atomic E-state index is 12.5. The molecule has 0 aliphatic heterocycles. The Hall–Kier alpha value is -2.57. The van der Waals surface area contributed by atoms with Gasteiger partial charge in [0.25, 0.3) is 0 Å². The Labute approximate surface area is 126 Å². The molecule has 118 valence electrons.